The molecule has 3 N–H and O–H groups in total. The molecular formula is C15H24O5S. The first kappa shape index (κ1) is 18.1. The molecule has 0 bridgehead atoms. The van der Waals surface area contributed by atoms with E-state index in [1.165, 1.54) is 24.3 Å². The van der Waals surface area contributed by atoms with Crippen molar-refractivity contribution in [3.63, 3.8) is 0 Å². The standard InChI is InChI=1S/C15H24O5S/c1-10(2)14(17)8-12(9-16)15(18)11-4-6-13(7-5-11)21(3,19)20/h4-7,10,12,14-18H,8-9H2,1-3H3/t12?,14-,15+/m0/s1. The average Bonchev–Trinajstić information content (AvgIpc) is 2.42. The lowest BCUT2D eigenvalue weighted by molar-refractivity contribution is 0.0161. The Morgan fingerprint density at radius 3 is 2.00 bits per heavy atom. The monoisotopic (exact) mass is 316 g/mol. The molecule has 21 heavy (non-hydrogen) atoms. The fourth-order valence-corrected chi connectivity index (χ4v) is 2.70. The van der Waals surface area contributed by atoms with E-state index < -0.39 is 28.0 Å². The van der Waals surface area contributed by atoms with Crippen molar-refractivity contribution < 1.29 is 23.7 Å². The molecule has 0 saturated heterocycles. The normalized spacial score (nSPS) is 16.7. The number of benzene rings is 1. The molecule has 1 aromatic rings. The fourth-order valence-electron chi connectivity index (χ4n) is 2.07. The fraction of sp³-hybridized carbons (Fsp3) is 0.600. The van der Waals surface area contributed by atoms with Crippen LogP contribution >= 0.6 is 0 Å². The van der Waals surface area contributed by atoms with Gasteiger partial charge in [0.25, 0.3) is 0 Å². The Morgan fingerprint density at radius 2 is 1.62 bits per heavy atom. The molecular weight excluding hydrogens is 292 g/mol. The Labute approximate surface area is 126 Å². The third-order valence-electron chi connectivity index (χ3n) is 3.64. The quantitative estimate of drug-likeness (QED) is 0.701. The zero-order valence-electron chi connectivity index (χ0n) is 12.6. The van der Waals surface area contributed by atoms with Gasteiger partial charge in [-0.15, -0.1) is 0 Å². The van der Waals surface area contributed by atoms with E-state index in [1.54, 1.807) is 0 Å². The van der Waals surface area contributed by atoms with Gasteiger partial charge in [-0.3, -0.25) is 0 Å². The van der Waals surface area contributed by atoms with Crippen molar-refractivity contribution in [2.24, 2.45) is 11.8 Å². The number of rotatable bonds is 7. The van der Waals surface area contributed by atoms with Crippen LogP contribution in [0.1, 0.15) is 31.9 Å². The van der Waals surface area contributed by atoms with Crippen molar-refractivity contribution >= 4 is 9.84 Å². The van der Waals surface area contributed by atoms with Crippen LogP contribution in [0.25, 0.3) is 0 Å². The van der Waals surface area contributed by atoms with Gasteiger partial charge in [-0.05, 0) is 30.0 Å². The van der Waals surface area contributed by atoms with E-state index in [2.05, 4.69) is 0 Å². The van der Waals surface area contributed by atoms with E-state index in [4.69, 9.17) is 0 Å². The maximum Gasteiger partial charge on any atom is 0.175 e. The second-order valence-electron chi connectivity index (χ2n) is 5.78. The highest BCUT2D eigenvalue weighted by atomic mass is 32.2. The molecule has 0 amide bonds. The van der Waals surface area contributed by atoms with Gasteiger partial charge >= 0.3 is 0 Å². The average molecular weight is 316 g/mol. The van der Waals surface area contributed by atoms with Gasteiger partial charge < -0.3 is 15.3 Å². The zero-order chi connectivity index (χ0) is 16.2. The maximum absolute atomic E-state index is 11.4. The molecule has 1 aromatic carbocycles. The minimum Gasteiger partial charge on any atom is -0.396 e. The number of aliphatic hydroxyl groups excluding tert-OH is 3. The van der Waals surface area contributed by atoms with E-state index in [1.807, 2.05) is 13.8 Å². The molecule has 1 rings (SSSR count). The molecule has 5 nitrogen and oxygen atoms in total. The summed E-state index contributed by atoms with van der Waals surface area (Å²) in [6.07, 6.45) is -0.152. The lowest BCUT2D eigenvalue weighted by Crippen LogP contribution is -2.25. The van der Waals surface area contributed by atoms with E-state index in [0.29, 0.717) is 5.56 Å². The summed E-state index contributed by atoms with van der Waals surface area (Å²) in [5.41, 5.74) is 0.525. The molecule has 1 unspecified atom stereocenters. The number of sulfone groups is 1. The van der Waals surface area contributed by atoms with Crippen LogP contribution in [0.2, 0.25) is 0 Å². The number of hydrogen-bond acceptors (Lipinski definition) is 5. The van der Waals surface area contributed by atoms with Crippen LogP contribution in [0.15, 0.2) is 29.2 Å². The molecule has 0 saturated carbocycles. The van der Waals surface area contributed by atoms with Gasteiger partial charge in [0.1, 0.15) is 0 Å². The lowest BCUT2D eigenvalue weighted by Gasteiger charge is -2.25. The van der Waals surface area contributed by atoms with E-state index in [-0.39, 0.29) is 23.8 Å². The summed E-state index contributed by atoms with van der Waals surface area (Å²) >= 11 is 0. The summed E-state index contributed by atoms with van der Waals surface area (Å²) in [5, 5.41) is 29.6. The topological polar surface area (TPSA) is 94.8 Å². The first-order chi connectivity index (χ1) is 9.66. The van der Waals surface area contributed by atoms with E-state index in [9.17, 15) is 23.7 Å². The largest absolute Gasteiger partial charge is 0.396 e. The Kier molecular flexibility index (Phi) is 6.34. The van der Waals surface area contributed by atoms with Crippen molar-refractivity contribution in [2.75, 3.05) is 12.9 Å². The van der Waals surface area contributed by atoms with E-state index >= 15 is 0 Å². The van der Waals surface area contributed by atoms with Crippen LogP contribution < -0.4 is 0 Å². The van der Waals surface area contributed by atoms with Crippen LogP contribution in [0.4, 0.5) is 0 Å². The van der Waals surface area contributed by atoms with Crippen LogP contribution in [-0.2, 0) is 9.84 Å². The van der Waals surface area contributed by atoms with Crippen molar-refractivity contribution in [3.8, 4) is 0 Å². The SMILES string of the molecule is CC(C)[C@@H](O)CC(CO)[C@H](O)c1ccc(S(C)(=O)=O)cc1. The summed E-state index contributed by atoms with van der Waals surface area (Å²) in [5.74, 6) is -0.453. The maximum atomic E-state index is 11.4. The third kappa shape index (κ3) is 5.07. The van der Waals surface area contributed by atoms with Crippen LogP contribution in [0, 0.1) is 11.8 Å². The zero-order valence-corrected chi connectivity index (χ0v) is 13.4. The Balaban J connectivity index is 2.88. The highest BCUT2D eigenvalue weighted by Crippen LogP contribution is 2.27. The van der Waals surface area contributed by atoms with E-state index in [0.717, 1.165) is 6.26 Å². The first-order valence-corrected chi connectivity index (χ1v) is 8.83. The van der Waals surface area contributed by atoms with Gasteiger partial charge in [0, 0.05) is 18.8 Å². The summed E-state index contributed by atoms with van der Waals surface area (Å²) in [4.78, 5) is 0.182. The molecule has 6 heteroatoms. The second kappa shape index (κ2) is 7.35. The highest BCUT2D eigenvalue weighted by molar-refractivity contribution is 7.90. The van der Waals surface area contributed by atoms with Gasteiger partial charge in [0.05, 0.1) is 17.1 Å². The van der Waals surface area contributed by atoms with Crippen LogP contribution in [-0.4, -0.2) is 42.7 Å². The minimum atomic E-state index is -3.27. The van der Waals surface area contributed by atoms with Crippen molar-refractivity contribution in [3.05, 3.63) is 29.8 Å². The molecule has 0 aromatic heterocycles. The molecule has 120 valence electrons. The summed E-state index contributed by atoms with van der Waals surface area (Å²) < 4.78 is 22.8. The van der Waals surface area contributed by atoms with Gasteiger partial charge in [0.15, 0.2) is 9.84 Å². The number of hydrogen-bond donors (Lipinski definition) is 3. The Hall–Kier alpha value is -0.950. The molecule has 0 aliphatic rings. The number of aliphatic hydroxyl groups is 3. The molecule has 0 spiro atoms. The van der Waals surface area contributed by atoms with Crippen molar-refractivity contribution in [2.45, 2.75) is 37.4 Å². The predicted octanol–water partition coefficient (Wildman–Crippen LogP) is 1.14. The highest BCUT2D eigenvalue weighted by Gasteiger charge is 2.24. The molecule has 0 fully saturated rings. The molecule has 0 radical (unpaired) electrons. The summed E-state index contributed by atoms with van der Waals surface area (Å²) in [6, 6.07) is 5.93. The Morgan fingerprint density at radius 1 is 1.10 bits per heavy atom. The summed E-state index contributed by atoms with van der Waals surface area (Å²) in [6.45, 7) is 3.48. The molecule has 0 aliphatic heterocycles. The minimum absolute atomic E-state index is 0.0406. The summed E-state index contributed by atoms with van der Waals surface area (Å²) in [7, 11) is -3.27. The van der Waals surface area contributed by atoms with Crippen LogP contribution in [0.3, 0.4) is 0 Å². The lowest BCUT2D eigenvalue weighted by atomic mass is 9.88. The first-order valence-electron chi connectivity index (χ1n) is 6.93. The van der Waals surface area contributed by atoms with Crippen molar-refractivity contribution in [1.82, 2.24) is 0 Å². The van der Waals surface area contributed by atoms with Gasteiger partial charge in [0.2, 0.25) is 0 Å². The molecule has 0 aliphatic carbocycles. The smallest absolute Gasteiger partial charge is 0.175 e. The third-order valence-corrected chi connectivity index (χ3v) is 4.77. The predicted molar refractivity (Wildman–Crippen MR) is 80.5 cm³/mol. The second-order valence-corrected chi connectivity index (χ2v) is 7.79. The molecule has 0 heterocycles. The van der Waals surface area contributed by atoms with Crippen molar-refractivity contribution in [1.29, 1.82) is 0 Å². The molecule has 3 atom stereocenters. The van der Waals surface area contributed by atoms with Gasteiger partial charge in [-0.2, -0.15) is 0 Å². The van der Waals surface area contributed by atoms with Gasteiger partial charge in [-0.1, -0.05) is 26.0 Å². The Bertz CT molecular complexity index is 536. The van der Waals surface area contributed by atoms with Gasteiger partial charge in [-0.25, -0.2) is 8.42 Å². The van der Waals surface area contributed by atoms with Crippen LogP contribution in [0.5, 0.6) is 0 Å².